The molecule has 1 aromatic heterocycles. The van der Waals surface area contributed by atoms with Gasteiger partial charge >= 0.3 is 0 Å². The predicted octanol–water partition coefficient (Wildman–Crippen LogP) is 7.29. The molecule has 27 heavy (non-hydrogen) atoms. The largest absolute Gasteiger partial charge is 0.353 e. The fraction of sp³-hybridized carbons (Fsp3) is 0. The fourth-order valence-corrected chi connectivity index (χ4v) is 4.35. The maximum absolute atomic E-state index is 3.75. The number of fused-ring (bicyclic) bond motifs is 6. The number of hydrogen-bond acceptors (Lipinski definition) is 0. The summed E-state index contributed by atoms with van der Waals surface area (Å²) in [6.07, 6.45) is 0. The van der Waals surface area contributed by atoms with Gasteiger partial charge in [0.05, 0.1) is 11.0 Å². The molecule has 6 aromatic rings. The number of H-pyrrole nitrogens is 1. The normalized spacial score (nSPS) is 11.7. The Morgan fingerprint density at radius 2 is 0.963 bits per heavy atom. The molecule has 0 spiro atoms. The zero-order valence-electron chi connectivity index (χ0n) is 14.7. The summed E-state index contributed by atoms with van der Waals surface area (Å²) in [4.78, 5) is 3.75. The summed E-state index contributed by atoms with van der Waals surface area (Å²) < 4.78 is 0. The van der Waals surface area contributed by atoms with Gasteiger partial charge < -0.3 is 4.98 Å². The van der Waals surface area contributed by atoms with Gasteiger partial charge in [-0.2, -0.15) is 0 Å². The monoisotopic (exact) mass is 343 g/mol. The van der Waals surface area contributed by atoms with Crippen LogP contribution in [0.15, 0.2) is 97.1 Å². The van der Waals surface area contributed by atoms with Gasteiger partial charge in [0.2, 0.25) is 0 Å². The number of aromatic amines is 1. The highest BCUT2D eigenvalue weighted by atomic mass is 14.7. The van der Waals surface area contributed by atoms with Crippen molar-refractivity contribution in [2.75, 3.05) is 0 Å². The Hall–Kier alpha value is -3.58. The average molecular weight is 343 g/mol. The van der Waals surface area contributed by atoms with E-state index in [1.54, 1.807) is 0 Å². The van der Waals surface area contributed by atoms with Gasteiger partial charge in [-0.05, 0) is 21.7 Å². The summed E-state index contributed by atoms with van der Waals surface area (Å²) in [5.74, 6) is 0. The minimum Gasteiger partial charge on any atom is -0.353 e. The van der Waals surface area contributed by atoms with Crippen LogP contribution < -0.4 is 0 Å². The van der Waals surface area contributed by atoms with Crippen molar-refractivity contribution in [1.82, 2.24) is 4.98 Å². The maximum atomic E-state index is 3.75. The molecule has 1 heterocycles. The molecular formula is C26H17N. The second-order valence-corrected chi connectivity index (χ2v) is 7.09. The molecule has 0 aliphatic rings. The first-order chi connectivity index (χ1) is 13.4. The predicted molar refractivity (Wildman–Crippen MR) is 116 cm³/mol. The summed E-state index contributed by atoms with van der Waals surface area (Å²) in [7, 11) is 0. The second-order valence-electron chi connectivity index (χ2n) is 7.09. The van der Waals surface area contributed by atoms with Crippen molar-refractivity contribution in [2.45, 2.75) is 0 Å². The lowest BCUT2D eigenvalue weighted by Gasteiger charge is -2.08. The van der Waals surface area contributed by atoms with Crippen LogP contribution in [-0.2, 0) is 0 Å². The zero-order chi connectivity index (χ0) is 17.8. The zero-order valence-corrected chi connectivity index (χ0v) is 14.7. The Labute approximate surface area is 156 Å². The first-order valence-corrected chi connectivity index (χ1v) is 9.30. The molecule has 0 saturated heterocycles. The van der Waals surface area contributed by atoms with E-state index in [0.717, 1.165) is 0 Å². The maximum Gasteiger partial charge on any atom is 0.0544 e. The smallest absolute Gasteiger partial charge is 0.0544 e. The van der Waals surface area contributed by atoms with Crippen molar-refractivity contribution in [1.29, 1.82) is 0 Å². The van der Waals surface area contributed by atoms with Gasteiger partial charge in [-0.25, -0.2) is 0 Å². The number of rotatable bonds is 1. The molecule has 0 fully saturated rings. The van der Waals surface area contributed by atoms with Crippen molar-refractivity contribution in [3.63, 3.8) is 0 Å². The fourth-order valence-electron chi connectivity index (χ4n) is 4.35. The number of hydrogen-bond donors (Lipinski definition) is 1. The topological polar surface area (TPSA) is 15.8 Å². The SMILES string of the molecule is c1ccc2c(-c3cccc4c3[nH]c3c5ccccc5ccc43)cccc2c1. The third-order valence-electron chi connectivity index (χ3n) is 5.61. The molecule has 0 saturated carbocycles. The summed E-state index contributed by atoms with van der Waals surface area (Å²) in [5.41, 5.74) is 4.95. The molecule has 0 unspecified atom stereocenters. The minimum absolute atomic E-state index is 1.21. The number of benzene rings is 5. The Balaban J connectivity index is 1.77. The molecule has 1 N–H and O–H groups in total. The number of nitrogens with one attached hydrogen (secondary N) is 1. The van der Waals surface area contributed by atoms with Crippen molar-refractivity contribution in [2.24, 2.45) is 0 Å². The highest BCUT2D eigenvalue weighted by molar-refractivity contribution is 6.20. The van der Waals surface area contributed by atoms with Crippen LogP contribution in [0.25, 0.3) is 54.5 Å². The molecule has 1 nitrogen and oxygen atoms in total. The Morgan fingerprint density at radius 1 is 0.370 bits per heavy atom. The molecule has 5 aromatic carbocycles. The highest BCUT2D eigenvalue weighted by Gasteiger charge is 2.13. The van der Waals surface area contributed by atoms with Gasteiger partial charge in [0.1, 0.15) is 0 Å². The lowest BCUT2D eigenvalue weighted by Crippen LogP contribution is -1.83. The van der Waals surface area contributed by atoms with Crippen LogP contribution in [0, 0.1) is 0 Å². The van der Waals surface area contributed by atoms with Gasteiger partial charge in [-0.15, -0.1) is 0 Å². The van der Waals surface area contributed by atoms with Crippen LogP contribution >= 0.6 is 0 Å². The van der Waals surface area contributed by atoms with Crippen LogP contribution in [-0.4, -0.2) is 4.98 Å². The molecule has 1 heteroatoms. The summed E-state index contributed by atoms with van der Waals surface area (Å²) in [6.45, 7) is 0. The van der Waals surface area contributed by atoms with E-state index in [-0.39, 0.29) is 0 Å². The van der Waals surface area contributed by atoms with E-state index in [0.29, 0.717) is 0 Å². The van der Waals surface area contributed by atoms with E-state index < -0.39 is 0 Å². The Morgan fingerprint density at radius 3 is 1.85 bits per heavy atom. The molecule has 0 amide bonds. The molecule has 0 aliphatic heterocycles. The molecule has 0 aliphatic carbocycles. The second kappa shape index (κ2) is 5.46. The van der Waals surface area contributed by atoms with Crippen molar-refractivity contribution in [3.8, 4) is 11.1 Å². The Kier molecular flexibility index (Phi) is 2.95. The van der Waals surface area contributed by atoms with E-state index in [4.69, 9.17) is 0 Å². The third-order valence-corrected chi connectivity index (χ3v) is 5.61. The molecule has 126 valence electrons. The van der Waals surface area contributed by atoms with E-state index in [9.17, 15) is 0 Å². The van der Waals surface area contributed by atoms with E-state index in [1.165, 1.54) is 54.5 Å². The summed E-state index contributed by atoms with van der Waals surface area (Å²) in [6, 6.07) is 34.8. The minimum atomic E-state index is 1.21. The molecule has 0 bridgehead atoms. The third kappa shape index (κ3) is 2.06. The van der Waals surface area contributed by atoms with E-state index in [1.807, 2.05) is 0 Å². The Bertz CT molecular complexity index is 1460. The lowest BCUT2D eigenvalue weighted by atomic mass is 9.96. The van der Waals surface area contributed by atoms with Crippen LogP contribution in [0.5, 0.6) is 0 Å². The highest BCUT2D eigenvalue weighted by Crippen LogP contribution is 2.38. The number of aromatic nitrogens is 1. The van der Waals surface area contributed by atoms with Gasteiger partial charge in [0, 0.05) is 21.7 Å². The summed E-state index contributed by atoms with van der Waals surface area (Å²) in [5, 5.41) is 7.66. The van der Waals surface area contributed by atoms with Crippen molar-refractivity contribution < 1.29 is 0 Å². The summed E-state index contributed by atoms with van der Waals surface area (Å²) >= 11 is 0. The van der Waals surface area contributed by atoms with Crippen molar-refractivity contribution >= 4 is 43.4 Å². The first kappa shape index (κ1) is 14.6. The van der Waals surface area contributed by atoms with Gasteiger partial charge in [-0.1, -0.05) is 97.1 Å². The average Bonchev–Trinajstić information content (AvgIpc) is 3.13. The van der Waals surface area contributed by atoms with Crippen LogP contribution in [0.1, 0.15) is 0 Å². The standard InChI is InChI=1S/C26H17N/c1-3-10-19-17(7-1)9-5-12-21(19)22-13-6-14-23-24-16-15-18-8-2-4-11-20(18)25(24)27-26(22)23/h1-16,27H. The van der Waals surface area contributed by atoms with Crippen LogP contribution in [0.2, 0.25) is 0 Å². The molecular weight excluding hydrogens is 326 g/mol. The van der Waals surface area contributed by atoms with Crippen molar-refractivity contribution in [3.05, 3.63) is 97.1 Å². The van der Waals surface area contributed by atoms with Gasteiger partial charge in [0.15, 0.2) is 0 Å². The first-order valence-electron chi connectivity index (χ1n) is 9.30. The number of para-hydroxylation sites is 1. The van der Waals surface area contributed by atoms with Crippen LogP contribution in [0.4, 0.5) is 0 Å². The molecule has 6 rings (SSSR count). The van der Waals surface area contributed by atoms with E-state index in [2.05, 4.69) is 102 Å². The lowest BCUT2D eigenvalue weighted by molar-refractivity contribution is 1.55. The molecule has 0 radical (unpaired) electrons. The quantitative estimate of drug-likeness (QED) is 0.322. The van der Waals surface area contributed by atoms with Crippen LogP contribution in [0.3, 0.4) is 0 Å². The van der Waals surface area contributed by atoms with Gasteiger partial charge in [0.25, 0.3) is 0 Å². The van der Waals surface area contributed by atoms with E-state index >= 15 is 0 Å². The van der Waals surface area contributed by atoms with Gasteiger partial charge in [-0.3, -0.25) is 0 Å². The molecule has 0 atom stereocenters.